The molecule has 0 saturated heterocycles. The third-order valence-corrected chi connectivity index (χ3v) is 4.19. The van der Waals surface area contributed by atoms with Crippen LogP contribution in [-0.4, -0.2) is 0 Å². The molecule has 6 saturated carbocycles. The highest BCUT2D eigenvalue weighted by atomic mass is 14.5. The van der Waals surface area contributed by atoms with Gasteiger partial charge in [0.25, 0.3) is 0 Å². The minimum atomic E-state index is 1.18. The van der Waals surface area contributed by atoms with Crippen molar-refractivity contribution >= 4 is 0 Å². The number of hydrogen-bond acceptors (Lipinski definition) is 0. The molecule has 0 aromatic rings. The molecule has 6 aliphatic rings. The first-order valence-corrected chi connectivity index (χ1v) is 4.92. The van der Waals surface area contributed by atoms with Gasteiger partial charge in [-0.15, -0.1) is 0 Å². The predicted octanol–water partition coefficient (Wildman–Crippen LogP) is 2.83. The lowest BCUT2D eigenvalue weighted by Crippen LogP contribution is -2.41. The van der Waals surface area contributed by atoms with Crippen LogP contribution >= 0.6 is 0 Å². The maximum atomic E-state index is 1.61. The largest absolute Gasteiger partial charge is 0.0502 e. The van der Waals surface area contributed by atoms with Gasteiger partial charge in [-0.2, -0.15) is 0 Å². The summed E-state index contributed by atoms with van der Waals surface area (Å²) in [4.78, 5) is 0. The molecule has 0 spiro atoms. The standard InChI is InChI=1S/C10H16/c1-2-8-5-10(6-8)9-3-7(1)4-9/h7-10H,1-6H2. The quantitative estimate of drug-likeness (QED) is 0.480. The highest BCUT2D eigenvalue weighted by Gasteiger charge is 2.44. The predicted molar refractivity (Wildman–Crippen MR) is 41.7 cm³/mol. The lowest BCUT2D eigenvalue weighted by molar-refractivity contribution is -0.00689. The molecule has 0 unspecified atom stereocenters. The van der Waals surface area contributed by atoms with Crippen LogP contribution in [0.25, 0.3) is 0 Å². The molecule has 0 N–H and O–H groups in total. The summed E-state index contributed by atoms with van der Waals surface area (Å²) in [5, 5.41) is 0. The molecule has 0 radical (unpaired) electrons. The van der Waals surface area contributed by atoms with E-state index in [2.05, 4.69) is 0 Å². The second-order valence-corrected chi connectivity index (χ2v) is 4.77. The van der Waals surface area contributed by atoms with Crippen molar-refractivity contribution in [2.75, 3.05) is 0 Å². The molecular formula is C10H16. The van der Waals surface area contributed by atoms with Crippen LogP contribution in [0, 0.1) is 23.7 Å². The van der Waals surface area contributed by atoms with Crippen LogP contribution in [0.5, 0.6) is 0 Å². The highest BCUT2D eigenvalue weighted by Crippen LogP contribution is 2.55. The summed E-state index contributed by atoms with van der Waals surface area (Å²) in [5.74, 6) is 4.74. The van der Waals surface area contributed by atoms with Crippen LogP contribution in [0.15, 0.2) is 0 Å². The van der Waals surface area contributed by atoms with Crippen LogP contribution in [0.1, 0.15) is 38.5 Å². The van der Waals surface area contributed by atoms with Crippen molar-refractivity contribution < 1.29 is 0 Å². The zero-order valence-corrected chi connectivity index (χ0v) is 6.55. The van der Waals surface area contributed by atoms with Gasteiger partial charge in [0.1, 0.15) is 0 Å². The van der Waals surface area contributed by atoms with E-state index in [1.54, 1.807) is 38.5 Å². The van der Waals surface area contributed by atoms with Gasteiger partial charge in [0.05, 0.1) is 0 Å². The summed E-state index contributed by atoms with van der Waals surface area (Å²) < 4.78 is 0. The Hall–Kier alpha value is 0. The van der Waals surface area contributed by atoms with E-state index in [-0.39, 0.29) is 0 Å². The molecule has 10 heavy (non-hydrogen) atoms. The van der Waals surface area contributed by atoms with Crippen molar-refractivity contribution in [3.05, 3.63) is 0 Å². The van der Waals surface area contributed by atoms with Crippen molar-refractivity contribution in [1.29, 1.82) is 0 Å². The van der Waals surface area contributed by atoms with Crippen LogP contribution in [-0.2, 0) is 0 Å². The van der Waals surface area contributed by atoms with E-state index in [4.69, 9.17) is 0 Å². The lowest BCUT2D eigenvalue weighted by atomic mass is 9.54. The van der Waals surface area contributed by atoms with E-state index in [1.165, 1.54) is 23.7 Å². The fourth-order valence-corrected chi connectivity index (χ4v) is 3.29. The second-order valence-electron chi connectivity index (χ2n) is 4.77. The Morgan fingerprint density at radius 3 is 1.40 bits per heavy atom. The molecule has 4 bridgehead atoms. The average molecular weight is 136 g/mol. The highest BCUT2D eigenvalue weighted by molar-refractivity contribution is 4.94. The molecule has 6 fully saturated rings. The van der Waals surface area contributed by atoms with Gasteiger partial charge in [-0.3, -0.25) is 0 Å². The van der Waals surface area contributed by atoms with Crippen molar-refractivity contribution in [3.8, 4) is 0 Å². The fourth-order valence-electron chi connectivity index (χ4n) is 3.29. The monoisotopic (exact) mass is 136 g/mol. The van der Waals surface area contributed by atoms with Crippen molar-refractivity contribution in [2.24, 2.45) is 23.7 Å². The molecule has 0 aromatic heterocycles. The van der Waals surface area contributed by atoms with Gasteiger partial charge in [-0.1, -0.05) is 12.8 Å². The Bertz CT molecular complexity index is 115. The van der Waals surface area contributed by atoms with Crippen LogP contribution in [0.4, 0.5) is 0 Å². The first-order valence-electron chi connectivity index (χ1n) is 4.92. The van der Waals surface area contributed by atoms with E-state index in [0.29, 0.717) is 0 Å². The topological polar surface area (TPSA) is 0 Å². The van der Waals surface area contributed by atoms with E-state index >= 15 is 0 Å². The first-order chi connectivity index (χ1) is 4.92. The van der Waals surface area contributed by atoms with Crippen molar-refractivity contribution in [3.63, 3.8) is 0 Å². The molecule has 0 nitrogen and oxygen atoms in total. The Morgan fingerprint density at radius 1 is 0.600 bits per heavy atom. The summed E-state index contributed by atoms with van der Waals surface area (Å²) in [6, 6.07) is 0. The molecule has 6 rings (SSSR count). The normalized spacial score (nSPS) is 57.6. The molecule has 0 amide bonds. The summed E-state index contributed by atoms with van der Waals surface area (Å²) in [6.45, 7) is 0. The van der Waals surface area contributed by atoms with Crippen LogP contribution in [0.3, 0.4) is 0 Å². The van der Waals surface area contributed by atoms with E-state index < -0.39 is 0 Å². The third-order valence-electron chi connectivity index (χ3n) is 4.19. The zero-order chi connectivity index (χ0) is 6.55. The van der Waals surface area contributed by atoms with Crippen LogP contribution in [0.2, 0.25) is 0 Å². The SMILES string of the molecule is C1CC2CC(C2)C2CC1C2. The Labute approximate surface area is 63.0 Å². The molecule has 0 atom stereocenters. The smallest absolute Gasteiger partial charge is 0.0380 e. The molecule has 56 valence electrons. The molecular weight excluding hydrogens is 120 g/mol. The maximum absolute atomic E-state index is 1.61. The third kappa shape index (κ3) is 0.627. The van der Waals surface area contributed by atoms with Gasteiger partial charge in [0, 0.05) is 0 Å². The summed E-state index contributed by atoms with van der Waals surface area (Å²) in [7, 11) is 0. The summed E-state index contributed by atoms with van der Waals surface area (Å²) in [5.41, 5.74) is 0. The zero-order valence-electron chi connectivity index (χ0n) is 6.55. The average Bonchev–Trinajstić information content (AvgIpc) is 1.46. The van der Waals surface area contributed by atoms with Gasteiger partial charge in [0.2, 0.25) is 0 Å². The van der Waals surface area contributed by atoms with E-state index in [0.717, 1.165) is 0 Å². The van der Waals surface area contributed by atoms with Gasteiger partial charge < -0.3 is 0 Å². The molecule has 6 aliphatic carbocycles. The van der Waals surface area contributed by atoms with Gasteiger partial charge in [0.15, 0.2) is 0 Å². The fraction of sp³-hybridized carbons (Fsp3) is 1.00. The van der Waals surface area contributed by atoms with Gasteiger partial charge in [-0.25, -0.2) is 0 Å². The van der Waals surface area contributed by atoms with Crippen LogP contribution < -0.4 is 0 Å². The maximum Gasteiger partial charge on any atom is -0.0380 e. The first kappa shape index (κ1) is 5.62. The summed E-state index contributed by atoms with van der Waals surface area (Å²) >= 11 is 0. The Balaban J connectivity index is 1.76. The number of rotatable bonds is 0. The van der Waals surface area contributed by atoms with Gasteiger partial charge in [-0.05, 0) is 49.4 Å². The number of hydrogen-bond donors (Lipinski definition) is 0. The van der Waals surface area contributed by atoms with E-state index in [1.807, 2.05) is 0 Å². The van der Waals surface area contributed by atoms with Gasteiger partial charge >= 0.3 is 0 Å². The lowest BCUT2D eigenvalue weighted by Gasteiger charge is -2.51. The molecule has 0 heterocycles. The molecule has 0 aromatic carbocycles. The van der Waals surface area contributed by atoms with E-state index in [9.17, 15) is 0 Å². The second kappa shape index (κ2) is 1.78. The minimum Gasteiger partial charge on any atom is -0.0502 e. The Kier molecular flexibility index (Phi) is 1.00. The minimum absolute atomic E-state index is 1.18. The molecule has 0 aliphatic heterocycles. The Morgan fingerprint density at radius 2 is 1.00 bits per heavy atom. The van der Waals surface area contributed by atoms with Crippen molar-refractivity contribution in [2.45, 2.75) is 38.5 Å². The summed E-state index contributed by atoms with van der Waals surface area (Å²) in [6.07, 6.45) is 9.59. The molecule has 0 heteroatoms. The van der Waals surface area contributed by atoms with Crippen molar-refractivity contribution in [1.82, 2.24) is 0 Å².